The number of esters is 4. The fourth-order valence-corrected chi connectivity index (χ4v) is 12.2. The lowest BCUT2D eigenvalue weighted by Crippen LogP contribution is -2.60. The summed E-state index contributed by atoms with van der Waals surface area (Å²) in [5.41, 5.74) is -5.37. The van der Waals surface area contributed by atoms with Crippen LogP contribution in [-0.2, 0) is 52.4 Å². The molecule has 0 amide bonds. The van der Waals surface area contributed by atoms with E-state index >= 15 is 0 Å². The van der Waals surface area contributed by atoms with Crippen molar-refractivity contribution in [3.8, 4) is 0 Å². The molecule has 12 heteroatoms. The van der Waals surface area contributed by atoms with Gasteiger partial charge in [0.25, 0.3) is 0 Å². The molecule has 0 spiro atoms. The quantitative estimate of drug-likeness (QED) is 0.131. The van der Waals surface area contributed by atoms with E-state index in [1.54, 1.807) is 34.8 Å². The molecule has 8 aliphatic rings. The molecular weight excluding hydrogens is 744 g/mol. The molecule has 0 aromatic carbocycles. The third-order valence-electron chi connectivity index (χ3n) is 14.3. The van der Waals surface area contributed by atoms with Gasteiger partial charge in [-0.15, -0.1) is 0 Å². The summed E-state index contributed by atoms with van der Waals surface area (Å²) in [6, 6.07) is 0. The number of carbonyl (C=O) groups is 5. The lowest BCUT2D eigenvalue weighted by Gasteiger charge is -2.59. The Morgan fingerprint density at radius 1 is 0.828 bits per heavy atom. The molecular formula is C46H82O12. The smallest absolute Gasteiger partial charge is 0.312 e. The number of rotatable bonds is 14. The molecule has 0 aromatic heterocycles. The summed E-state index contributed by atoms with van der Waals surface area (Å²) < 4.78 is 35.6. The normalized spacial score (nSPS) is 36.6. The minimum atomic E-state index is -1.34. The molecule has 0 radical (unpaired) electrons. The number of hydrogen-bond acceptors (Lipinski definition) is 11. The predicted octanol–water partition coefficient (Wildman–Crippen LogP) is 9.58. The molecule has 6 aliphatic carbocycles. The first-order chi connectivity index (χ1) is 24.4. The number of fused-ring (bicyclic) bond motifs is 1. The van der Waals surface area contributed by atoms with E-state index in [0.29, 0.717) is 44.9 Å². The summed E-state index contributed by atoms with van der Waals surface area (Å²) >= 11 is 0. The van der Waals surface area contributed by atoms with Crippen LogP contribution in [0.5, 0.6) is 0 Å². The van der Waals surface area contributed by atoms with E-state index in [1.165, 1.54) is 0 Å². The molecule has 8 fully saturated rings. The molecule has 11 unspecified atom stereocenters. The van der Waals surface area contributed by atoms with Crippen molar-refractivity contribution in [3.05, 3.63) is 0 Å². The fraction of sp³-hybridized carbons (Fsp3) is 0.891. The van der Waals surface area contributed by atoms with Crippen LogP contribution >= 0.6 is 0 Å². The highest BCUT2D eigenvalue weighted by Crippen LogP contribution is 2.63. The van der Waals surface area contributed by atoms with Crippen LogP contribution < -0.4 is 0 Å². The first-order valence-electron chi connectivity index (χ1n) is 19.7. The van der Waals surface area contributed by atoms with Crippen molar-refractivity contribution in [3.63, 3.8) is 0 Å². The van der Waals surface area contributed by atoms with Gasteiger partial charge in [-0.2, -0.15) is 0 Å². The van der Waals surface area contributed by atoms with Crippen LogP contribution in [0.3, 0.4) is 0 Å². The van der Waals surface area contributed by atoms with E-state index in [4.69, 9.17) is 28.4 Å². The second-order valence-electron chi connectivity index (χ2n) is 19.1. The van der Waals surface area contributed by atoms with Gasteiger partial charge in [0.1, 0.15) is 24.4 Å². The van der Waals surface area contributed by atoms with Crippen LogP contribution in [-0.4, -0.2) is 78.9 Å². The Morgan fingerprint density at radius 3 is 2.05 bits per heavy atom. The van der Waals surface area contributed by atoms with Gasteiger partial charge in [-0.05, 0) is 123 Å². The molecule has 338 valence electrons. The Kier molecular flexibility index (Phi) is 17.4. The van der Waals surface area contributed by atoms with Crippen molar-refractivity contribution in [1.29, 1.82) is 0 Å². The van der Waals surface area contributed by atoms with Crippen LogP contribution in [0.25, 0.3) is 0 Å². The second kappa shape index (κ2) is 18.9. The summed E-state index contributed by atoms with van der Waals surface area (Å²) in [4.78, 5) is 67.9. The van der Waals surface area contributed by atoms with E-state index < -0.39 is 63.3 Å². The molecule has 6 bridgehead atoms. The Bertz CT molecular complexity index is 1460. The van der Waals surface area contributed by atoms with Gasteiger partial charge in [0.15, 0.2) is 6.29 Å². The minimum absolute atomic E-state index is 0. The first kappa shape index (κ1) is 53.3. The number of aliphatic carboxylic acids is 1. The zero-order valence-electron chi connectivity index (χ0n) is 31.7. The highest BCUT2D eigenvalue weighted by Gasteiger charge is 2.65. The molecule has 2 saturated heterocycles. The number of hydrogen-bond donors (Lipinski definition) is 1. The van der Waals surface area contributed by atoms with E-state index in [-0.39, 0.29) is 112 Å². The van der Waals surface area contributed by atoms with Gasteiger partial charge >= 0.3 is 29.8 Å². The zero-order valence-corrected chi connectivity index (χ0v) is 31.7. The first-order valence-corrected chi connectivity index (χ1v) is 19.7. The fourth-order valence-electron chi connectivity index (χ4n) is 12.2. The summed E-state index contributed by atoms with van der Waals surface area (Å²) in [6.45, 7) is 8.98. The van der Waals surface area contributed by atoms with Crippen LogP contribution in [0, 0.1) is 51.2 Å². The Balaban J connectivity index is 0.00000280. The molecule has 58 heavy (non-hydrogen) atoms. The van der Waals surface area contributed by atoms with Gasteiger partial charge in [0.2, 0.25) is 0 Å². The van der Waals surface area contributed by atoms with Crippen molar-refractivity contribution in [1.82, 2.24) is 0 Å². The average molecular weight is 827 g/mol. The average Bonchev–Trinajstić information content (AvgIpc) is 3.71. The summed E-state index contributed by atoms with van der Waals surface area (Å²) in [6.07, 6.45) is 6.35. The van der Waals surface area contributed by atoms with Crippen molar-refractivity contribution < 1.29 is 57.5 Å². The number of ether oxygens (including phenoxy) is 6. The topological polar surface area (TPSA) is 161 Å². The van der Waals surface area contributed by atoms with E-state index in [9.17, 15) is 29.1 Å². The van der Waals surface area contributed by atoms with Crippen molar-refractivity contribution >= 4 is 29.8 Å². The van der Waals surface area contributed by atoms with Crippen LogP contribution in [0.4, 0.5) is 0 Å². The van der Waals surface area contributed by atoms with Crippen molar-refractivity contribution in [2.24, 2.45) is 51.2 Å². The molecule has 12 nitrogen and oxygen atoms in total. The molecule has 11 atom stereocenters. The van der Waals surface area contributed by atoms with Gasteiger partial charge in [0, 0.05) is 25.4 Å². The summed E-state index contributed by atoms with van der Waals surface area (Å²) in [5, 5.41) is 10.3. The monoisotopic (exact) mass is 827 g/mol. The molecule has 1 N–H and O–H groups in total. The highest BCUT2D eigenvalue weighted by atomic mass is 16.7. The van der Waals surface area contributed by atoms with Gasteiger partial charge in [0.05, 0.1) is 33.7 Å². The molecule has 0 aromatic rings. The lowest BCUT2D eigenvalue weighted by atomic mass is 9.48. The predicted molar refractivity (Wildman–Crippen MR) is 223 cm³/mol. The Hall–Kier alpha value is -2.73. The van der Waals surface area contributed by atoms with E-state index in [0.717, 1.165) is 32.1 Å². The third-order valence-corrected chi connectivity index (χ3v) is 14.3. The maximum absolute atomic E-state index is 14.6. The van der Waals surface area contributed by atoms with Crippen LogP contribution in [0.15, 0.2) is 0 Å². The van der Waals surface area contributed by atoms with Crippen LogP contribution in [0.2, 0.25) is 0 Å². The van der Waals surface area contributed by atoms with Gasteiger partial charge in [-0.25, -0.2) is 0 Å². The van der Waals surface area contributed by atoms with Gasteiger partial charge in [-0.3, -0.25) is 24.0 Å². The molecule has 6 saturated carbocycles. The van der Waals surface area contributed by atoms with Crippen LogP contribution in [0.1, 0.15) is 169 Å². The summed E-state index contributed by atoms with van der Waals surface area (Å²) in [7, 11) is 1.59. The summed E-state index contributed by atoms with van der Waals surface area (Å²) in [5.74, 6) is -2.20. The van der Waals surface area contributed by atoms with Crippen molar-refractivity contribution in [2.45, 2.75) is 199 Å². The maximum Gasteiger partial charge on any atom is 0.312 e. The number of methoxy groups -OCH3 is 1. The SMILES string of the molecule is C.C.C.C.C.C.CCC(C)(CC(C)(CC(C)(C)C(=O)OC12CC3CC(C1)CC(C(=O)O)(C3)C2)C(=O)OC1C2CC3C(=O)OC1C3C2)C(=O)OCC1CCCC(OC)O1. The molecule has 2 aliphatic heterocycles. The van der Waals surface area contributed by atoms with E-state index in [2.05, 4.69) is 0 Å². The maximum atomic E-state index is 14.6. The van der Waals surface area contributed by atoms with Gasteiger partial charge in [-0.1, -0.05) is 51.5 Å². The zero-order chi connectivity index (χ0) is 37.4. The lowest BCUT2D eigenvalue weighted by molar-refractivity contribution is -0.217. The molecule has 2 heterocycles. The standard InChI is InChI=1S/C40H58O12.6CH4/c1-7-37(4,34(45)48-18-25-9-8-10-28(47-6)49-25)20-38(5,35(46)51-29-24-12-26-27(13-24)31(41)50-30(26)29)19-36(2,3)33(44)52-40-16-22-11-23(17-40)15-39(14-22,21-40)32(42)43;;;;;;/h22-30H,7-21H2,1-6H3,(H,42,43);6*1H4. The van der Waals surface area contributed by atoms with E-state index in [1.807, 2.05) is 6.92 Å². The van der Waals surface area contributed by atoms with Crippen molar-refractivity contribution in [2.75, 3.05) is 13.7 Å². The Morgan fingerprint density at radius 2 is 1.47 bits per heavy atom. The third kappa shape index (κ3) is 9.42. The number of carboxylic acids is 1. The van der Waals surface area contributed by atoms with Gasteiger partial charge < -0.3 is 33.5 Å². The largest absolute Gasteiger partial charge is 0.481 e. The number of carbonyl (C=O) groups excluding carboxylic acids is 4. The number of carboxylic acid groups (broad SMARTS) is 1. The molecule has 8 rings (SSSR count). The highest BCUT2D eigenvalue weighted by molar-refractivity contribution is 5.83. The second-order valence-corrected chi connectivity index (χ2v) is 19.1. The Labute approximate surface area is 350 Å². The minimum Gasteiger partial charge on any atom is -0.481 e.